The van der Waals surface area contributed by atoms with Gasteiger partial charge in [0.05, 0.1) is 5.02 Å². The maximum Gasteiger partial charge on any atom is 0.264 e. The molecule has 2 aromatic rings. The lowest BCUT2D eigenvalue weighted by molar-refractivity contribution is -0.120. The maximum atomic E-state index is 12.1. The second-order valence-electron chi connectivity index (χ2n) is 4.41. The highest BCUT2D eigenvalue weighted by atomic mass is 79.9. The van der Waals surface area contributed by atoms with Gasteiger partial charge in [-0.2, -0.15) is 0 Å². The van der Waals surface area contributed by atoms with E-state index >= 15 is 0 Å². The Morgan fingerprint density at radius 1 is 1.29 bits per heavy atom. The number of carbonyl (C=O) groups is 1. The average molecular weight is 370 g/mol. The summed E-state index contributed by atoms with van der Waals surface area (Å²) in [4.78, 5) is 13.6. The Morgan fingerprint density at radius 2 is 1.95 bits per heavy atom. The molecule has 0 aliphatic heterocycles. The van der Waals surface area contributed by atoms with Gasteiger partial charge in [-0.1, -0.05) is 27.5 Å². The van der Waals surface area contributed by atoms with Gasteiger partial charge in [0.15, 0.2) is 6.61 Å². The fraction of sp³-hybridized carbons (Fsp3) is 0.133. The van der Waals surface area contributed by atoms with Gasteiger partial charge in [-0.15, -0.1) is 0 Å². The van der Waals surface area contributed by atoms with Gasteiger partial charge in [0, 0.05) is 22.9 Å². The number of anilines is 2. The summed E-state index contributed by atoms with van der Waals surface area (Å²) in [6.07, 6.45) is 0. The maximum absolute atomic E-state index is 12.1. The van der Waals surface area contributed by atoms with E-state index in [1.807, 2.05) is 0 Å². The summed E-state index contributed by atoms with van der Waals surface area (Å²) in [7, 11) is 1.68. The summed E-state index contributed by atoms with van der Waals surface area (Å²) in [6.45, 7) is -0.100. The van der Waals surface area contributed by atoms with Crippen molar-refractivity contribution in [2.24, 2.45) is 0 Å². The van der Waals surface area contributed by atoms with Gasteiger partial charge in [-0.05, 0) is 42.5 Å². The summed E-state index contributed by atoms with van der Waals surface area (Å²) < 4.78 is 6.30. The predicted molar refractivity (Wildman–Crippen MR) is 88.9 cm³/mol. The van der Waals surface area contributed by atoms with Crippen molar-refractivity contribution >= 4 is 44.8 Å². The fourth-order valence-corrected chi connectivity index (χ4v) is 2.18. The first-order valence-electron chi connectivity index (χ1n) is 6.17. The molecule has 0 spiro atoms. The minimum absolute atomic E-state index is 0.100. The van der Waals surface area contributed by atoms with Crippen LogP contribution >= 0.6 is 27.5 Å². The van der Waals surface area contributed by atoms with Crippen molar-refractivity contribution in [2.75, 3.05) is 24.3 Å². The quantitative estimate of drug-likeness (QED) is 0.836. The normalized spacial score (nSPS) is 10.2. The Labute approximate surface area is 136 Å². The lowest BCUT2D eigenvalue weighted by Crippen LogP contribution is -2.31. The first-order chi connectivity index (χ1) is 9.97. The molecule has 6 heteroatoms. The van der Waals surface area contributed by atoms with Crippen LogP contribution < -0.4 is 15.4 Å². The van der Waals surface area contributed by atoms with E-state index in [0.29, 0.717) is 16.5 Å². The predicted octanol–water partition coefficient (Wildman–Crippen LogP) is 3.73. The summed E-state index contributed by atoms with van der Waals surface area (Å²) >= 11 is 9.34. The molecule has 4 nitrogen and oxygen atoms in total. The van der Waals surface area contributed by atoms with E-state index in [4.69, 9.17) is 22.1 Å². The van der Waals surface area contributed by atoms with E-state index in [0.717, 1.165) is 10.2 Å². The zero-order valence-corrected chi connectivity index (χ0v) is 13.7. The smallest absolute Gasteiger partial charge is 0.264 e. The third kappa shape index (κ3) is 4.12. The molecule has 0 bridgehead atoms. The molecule has 0 aliphatic rings. The molecule has 2 rings (SSSR count). The van der Waals surface area contributed by atoms with Crippen molar-refractivity contribution in [2.45, 2.75) is 0 Å². The number of nitrogens with zero attached hydrogens (tertiary/aromatic N) is 1. The molecule has 0 radical (unpaired) electrons. The van der Waals surface area contributed by atoms with Crippen molar-refractivity contribution in [3.63, 3.8) is 0 Å². The number of halogens is 2. The molecule has 2 aromatic carbocycles. The highest BCUT2D eigenvalue weighted by molar-refractivity contribution is 9.10. The largest absolute Gasteiger partial charge is 0.482 e. The molecular formula is C15H14BrClN2O2. The number of nitrogens with two attached hydrogens (primary N) is 1. The molecule has 0 unspecified atom stereocenters. The van der Waals surface area contributed by atoms with Gasteiger partial charge in [-0.3, -0.25) is 4.79 Å². The van der Waals surface area contributed by atoms with E-state index in [2.05, 4.69) is 15.9 Å². The van der Waals surface area contributed by atoms with Crippen LogP contribution in [0.2, 0.25) is 5.02 Å². The number of carbonyl (C=O) groups excluding carboxylic acids is 1. The number of nitrogen functional groups attached to an aromatic ring is 1. The van der Waals surface area contributed by atoms with E-state index in [9.17, 15) is 4.79 Å². The van der Waals surface area contributed by atoms with Crippen LogP contribution in [0.25, 0.3) is 0 Å². The Balaban J connectivity index is 2.01. The molecule has 0 aliphatic carbocycles. The van der Waals surface area contributed by atoms with Crippen LogP contribution in [0.4, 0.5) is 11.4 Å². The number of rotatable bonds is 4. The topological polar surface area (TPSA) is 55.6 Å². The van der Waals surface area contributed by atoms with Crippen LogP contribution in [0.15, 0.2) is 46.9 Å². The second-order valence-corrected chi connectivity index (χ2v) is 5.73. The van der Waals surface area contributed by atoms with E-state index in [1.54, 1.807) is 49.5 Å². The number of hydrogen-bond donors (Lipinski definition) is 1. The third-order valence-corrected chi connectivity index (χ3v) is 3.70. The molecule has 0 aromatic heterocycles. The molecular weight excluding hydrogens is 356 g/mol. The van der Waals surface area contributed by atoms with Crippen LogP contribution in [0, 0.1) is 0 Å². The van der Waals surface area contributed by atoms with Crippen molar-refractivity contribution in [3.8, 4) is 5.75 Å². The summed E-state index contributed by atoms with van der Waals surface area (Å²) in [5.74, 6) is 0.279. The SMILES string of the molecule is CN(C(=O)COc1cc(Br)ccc1Cl)c1ccc(N)cc1. The standard InChI is InChI=1S/C15H14BrClN2O2/c1-19(12-5-3-11(18)4-6-12)15(20)9-21-14-8-10(16)2-7-13(14)17/h2-8H,9,18H2,1H3. The van der Waals surface area contributed by atoms with Gasteiger partial charge >= 0.3 is 0 Å². The van der Waals surface area contributed by atoms with Crippen molar-refractivity contribution in [1.29, 1.82) is 0 Å². The Hall–Kier alpha value is -1.72. The van der Waals surface area contributed by atoms with Crippen LogP contribution in [-0.4, -0.2) is 19.6 Å². The highest BCUT2D eigenvalue weighted by Gasteiger charge is 2.12. The van der Waals surface area contributed by atoms with Gasteiger partial charge in [0.25, 0.3) is 5.91 Å². The summed E-state index contributed by atoms with van der Waals surface area (Å²) in [6, 6.07) is 12.3. The zero-order valence-electron chi connectivity index (χ0n) is 11.3. The van der Waals surface area contributed by atoms with Crippen LogP contribution in [0.3, 0.4) is 0 Å². The van der Waals surface area contributed by atoms with Crippen LogP contribution in [0.5, 0.6) is 5.75 Å². The molecule has 0 heterocycles. The Morgan fingerprint density at radius 3 is 2.62 bits per heavy atom. The highest BCUT2D eigenvalue weighted by Crippen LogP contribution is 2.28. The molecule has 2 N–H and O–H groups in total. The van der Waals surface area contributed by atoms with Crippen molar-refractivity contribution in [3.05, 3.63) is 52.0 Å². The lowest BCUT2D eigenvalue weighted by Gasteiger charge is -2.18. The molecule has 0 fully saturated rings. The fourth-order valence-electron chi connectivity index (χ4n) is 1.67. The van der Waals surface area contributed by atoms with Gasteiger partial charge in [-0.25, -0.2) is 0 Å². The first kappa shape index (κ1) is 15.7. The summed E-state index contributed by atoms with van der Waals surface area (Å²) in [5, 5.41) is 0.459. The Kier molecular flexibility index (Phi) is 5.09. The van der Waals surface area contributed by atoms with E-state index in [-0.39, 0.29) is 12.5 Å². The number of amides is 1. The van der Waals surface area contributed by atoms with Crippen molar-refractivity contribution in [1.82, 2.24) is 0 Å². The lowest BCUT2D eigenvalue weighted by atomic mass is 10.2. The molecule has 0 saturated heterocycles. The number of benzene rings is 2. The Bertz CT molecular complexity index is 647. The van der Waals surface area contributed by atoms with E-state index < -0.39 is 0 Å². The first-order valence-corrected chi connectivity index (χ1v) is 7.34. The molecule has 0 saturated carbocycles. The minimum Gasteiger partial charge on any atom is -0.482 e. The van der Waals surface area contributed by atoms with E-state index in [1.165, 1.54) is 4.90 Å². The number of hydrogen-bond acceptors (Lipinski definition) is 3. The van der Waals surface area contributed by atoms with Crippen molar-refractivity contribution < 1.29 is 9.53 Å². The molecule has 21 heavy (non-hydrogen) atoms. The van der Waals surface area contributed by atoms with Crippen LogP contribution in [-0.2, 0) is 4.79 Å². The monoisotopic (exact) mass is 368 g/mol. The molecule has 0 atom stereocenters. The van der Waals surface area contributed by atoms with Gasteiger partial charge in [0.1, 0.15) is 5.75 Å². The van der Waals surface area contributed by atoms with Crippen LogP contribution in [0.1, 0.15) is 0 Å². The third-order valence-electron chi connectivity index (χ3n) is 2.90. The molecule has 110 valence electrons. The summed E-state index contributed by atoms with van der Waals surface area (Å²) in [5.41, 5.74) is 7.02. The number of likely N-dealkylation sites (N-methyl/N-ethyl adjacent to an activating group) is 1. The number of ether oxygens (including phenoxy) is 1. The van der Waals surface area contributed by atoms with Gasteiger partial charge in [0.2, 0.25) is 0 Å². The second kappa shape index (κ2) is 6.83. The average Bonchev–Trinajstić information content (AvgIpc) is 2.48. The molecule has 1 amide bonds. The zero-order chi connectivity index (χ0) is 15.4. The minimum atomic E-state index is -0.184. The van der Waals surface area contributed by atoms with Gasteiger partial charge < -0.3 is 15.4 Å².